The molecule has 1 aliphatic heterocycles. The van der Waals surface area contributed by atoms with E-state index in [-0.39, 0.29) is 11.9 Å². The van der Waals surface area contributed by atoms with E-state index in [1.54, 1.807) is 4.68 Å². The van der Waals surface area contributed by atoms with Gasteiger partial charge in [-0.05, 0) is 26.0 Å². The summed E-state index contributed by atoms with van der Waals surface area (Å²) in [6, 6.07) is 9.39. The van der Waals surface area contributed by atoms with Gasteiger partial charge in [-0.3, -0.25) is 14.4 Å². The Hall–Kier alpha value is -3.00. The van der Waals surface area contributed by atoms with Gasteiger partial charge in [-0.25, -0.2) is 9.97 Å². The van der Waals surface area contributed by atoms with E-state index in [1.807, 2.05) is 57.4 Å². The molecule has 2 aromatic heterocycles. The van der Waals surface area contributed by atoms with Gasteiger partial charge in [0.2, 0.25) is 5.91 Å². The fraction of sp³-hybridized carbons (Fsp3) is 0.400. The molecule has 1 aromatic carbocycles. The van der Waals surface area contributed by atoms with E-state index in [1.165, 1.54) is 0 Å². The van der Waals surface area contributed by atoms with Gasteiger partial charge < -0.3 is 10.2 Å². The number of piperazine rings is 1. The van der Waals surface area contributed by atoms with Crippen LogP contribution in [0.3, 0.4) is 0 Å². The number of hydrogen-bond acceptors (Lipinski definition) is 6. The molecule has 4 rings (SSSR count). The summed E-state index contributed by atoms with van der Waals surface area (Å²) in [6.07, 6.45) is 1.83. The lowest BCUT2D eigenvalue weighted by Gasteiger charge is -2.38. The van der Waals surface area contributed by atoms with Gasteiger partial charge in [0, 0.05) is 38.9 Å². The molecule has 3 heterocycles. The summed E-state index contributed by atoms with van der Waals surface area (Å²) in [7, 11) is 1.89. The lowest BCUT2D eigenvalue weighted by molar-refractivity contribution is -0.120. The molecule has 3 aromatic rings. The Labute approximate surface area is 164 Å². The van der Waals surface area contributed by atoms with Crippen molar-refractivity contribution in [2.45, 2.75) is 19.9 Å². The zero-order valence-corrected chi connectivity index (χ0v) is 16.5. The molecule has 28 heavy (non-hydrogen) atoms. The van der Waals surface area contributed by atoms with Crippen LogP contribution in [0.5, 0.6) is 0 Å². The molecule has 1 atom stereocenters. The highest BCUT2D eigenvalue weighted by Gasteiger charge is 2.27. The van der Waals surface area contributed by atoms with E-state index < -0.39 is 0 Å². The first kappa shape index (κ1) is 18.4. The maximum atomic E-state index is 12.6. The van der Waals surface area contributed by atoms with E-state index in [9.17, 15) is 4.79 Å². The normalized spacial score (nSPS) is 16.3. The number of nitrogens with one attached hydrogen (secondary N) is 1. The summed E-state index contributed by atoms with van der Waals surface area (Å²) in [5, 5.41) is 8.28. The highest BCUT2D eigenvalue weighted by Crippen LogP contribution is 2.24. The predicted molar refractivity (Wildman–Crippen MR) is 109 cm³/mol. The van der Waals surface area contributed by atoms with E-state index in [0.717, 1.165) is 54.5 Å². The predicted octanol–water partition coefficient (Wildman–Crippen LogP) is 1.82. The third-order valence-electron chi connectivity index (χ3n) is 5.27. The number of nitrogens with zero attached hydrogens (tertiary/aromatic N) is 6. The largest absolute Gasteiger partial charge is 0.353 e. The number of aryl methyl sites for hydroxylation is 2. The second-order valence-electron chi connectivity index (χ2n) is 7.15. The minimum atomic E-state index is -0.187. The number of rotatable bonds is 4. The van der Waals surface area contributed by atoms with Gasteiger partial charge in [0.05, 0.1) is 17.6 Å². The first-order chi connectivity index (χ1) is 13.5. The minimum Gasteiger partial charge on any atom is -0.353 e. The topological polar surface area (TPSA) is 79.2 Å². The Kier molecular flexibility index (Phi) is 4.95. The Morgan fingerprint density at radius 3 is 2.54 bits per heavy atom. The summed E-state index contributed by atoms with van der Waals surface area (Å²) in [5.41, 5.74) is 1.67. The van der Waals surface area contributed by atoms with Crippen LogP contribution in [0, 0.1) is 6.92 Å². The Balaban J connectivity index is 1.43. The average molecular weight is 379 g/mol. The van der Waals surface area contributed by atoms with Gasteiger partial charge >= 0.3 is 0 Å². The summed E-state index contributed by atoms with van der Waals surface area (Å²) >= 11 is 0. The molecule has 0 spiro atoms. The molecule has 0 saturated carbocycles. The van der Waals surface area contributed by atoms with E-state index in [2.05, 4.69) is 30.2 Å². The Morgan fingerprint density at radius 1 is 1.11 bits per heavy atom. The van der Waals surface area contributed by atoms with E-state index in [0.29, 0.717) is 0 Å². The van der Waals surface area contributed by atoms with Crippen LogP contribution in [-0.2, 0) is 11.8 Å². The zero-order chi connectivity index (χ0) is 19.7. The molecule has 8 heteroatoms. The van der Waals surface area contributed by atoms with Crippen molar-refractivity contribution in [1.29, 1.82) is 0 Å². The number of carbonyl (C=O) groups is 1. The third-order valence-corrected chi connectivity index (χ3v) is 5.27. The molecular weight excluding hydrogens is 354 g/mol. The molecule has 1 saturated heterocycles. The van der Waals surface area contributed by atoms with Gasteiger partial charge in [0.25, 0.3) is 0 Å². The van der Waals surface area contributed by atoms with Crippen LogP contribution in [0.1, 0.15) is 12.7 Å². The molecular formula is C20H25N7O. The lowest BCUT2D eigenvalue weighted by Crippen LogP contribution is -2.53. The van der Waals surface area contributed by atoms with Gasteiger partial charge in [0.1, 0.15) is 11.6 Å². The fourth-order valence-corrected chi connectivity index (χ4v) is 3.61. The summed E-state index contributed by atoms with van der Waals surface area (Å²) in [6.45, 7) is 7.08. The van der Waals surface area contributed by atoms with Crippen molar-refractivity contribution in [3.63, 3.8) is 0 Å². The molecule has 146 valence electrons. The zero-order valence-electron chi connectivity index (χ0n) is 16.5. The average Bonchev–Trinajstić information content (AvgIpc) is 3.08. The highest BCUT2D eigenvalue weighted by atomic mass is 16.2. The van der Waals surface area contributed by atoms with Crippen molar-refractivity contribution < 1.29 is 4.79 Å². The summed E-state index contributed by atoms with van der Waals surface area (Å²) < 4.78 is 1.78. The molecule has 0 aliphatic carbocycles. The molecule has 0 bridgehead atoms. The lowest BCUT2D eigenvalue weighted by atomic mass is 10.2. The van der Waals surface area contributed by atoms with Crippen molar-refractivity contribution >= 4 is 28.4 Å². The van der Waals surface area contributed by atoms with Crippen LogP contribution in [-0.4, -0.2) is 62.8 Å². The van der Waals surface area contributed by atoms with Gasteiger partial charge in [-0.2, -0.15) is 5.10 Å². The van der Waals surface area contributed by atoms with Gasteiger partial charge in [-0.15, -0.1) is 0 Å². The van der Waals surface area contributed by atoms with Gasteiger partial charge in [-0.1, -0.05) is 18.2 Å². The van der Waals surface area contributed by atoms with Crippen LogP contribution in [0.2, 0.25) is 0 Å². The number of para-hydroxylation sites is 1. The summed E-state index contributed by atoms with van der Waals surface area (Å²) in [4.78, 5) is 26.2. The van der Waals surface area contributed by atoms with Crippen molar-refractivity contribution in [1.82, 2.24) is 24.6 Å². The Morgan fingerprint density at radius 2 is 1.82 bits per heavy atom. The molecule has 1 fully saturated rings. The third kappa shape index (κ3) is 3.55. The maximum absolute atomic E-state index is 12.6. The van der Waals surface area contributed by atoms with Crippen LogP contribution >= 0.6 is 0 Å². The number of fused-ring (bicyclic) bond motifs is 1. The van der Waals surface area contributed by atoms with Crippen molar-refractivity contribution in [2.24, 2.45) is 7.05 Å². The van der Waals surface area contributed by atoms with Crippen LogP contribution in [0.15, 0.2) is 36.5 Å². The van der Waals surface area contributed by atoms with Crippen molar-refractivity contribution in [2.75, 3.05) is 36.4 Å². The first-order valence-corrected chi connectivity index (χ1v) is 9.54. The molecule has 8 nitrogen and oxygen atoms in total. The van der Waals surface area contributed by atoms with Crippen molar-refractivity contribution in [3.05, 3.63) is 42.4 Å². The quantitative estimate of drug-likeness (QED) is 0.745. The van der Waals surface area contributed by atoms with E-state index >= 15 is 0 Å². The molecule has 0 radical (unpaired) electrons. The summed E-state index contributed by atoms with van der Waals surface area (Å²) in [5.74, 6) is 1.69. The second kappa shape index (κ2) is 7.55. The van der Waals surface area contributed by atoms with Crippen molar-refractivity contribution in [3.8, 4) is 0 Å². The van der Waals surface area contributed by atoms with E-state index in [4.69, 9.17) is 0 Å². The number of hydrogen-bond donors (Lipinski definition) is 1. The molecule has 0 unspecified atom stereocenters. The monoisotopic (exact) mass is 379 g/mol. The number of anilines is 2. The SMILES string of the molecule is Cc1nc(N2CCN([C@@H](C)C(=O)Nc3ccccc3)CC2)c2cnn(C)c2n1. The number of amides is 1. The Bertz CT molecular complexity index is 977. The highest BCUT2D eigenvalue weighted by molar-refractivity contribution is 5.94. The number of benzene rings is 1. The molecule has 1 N–H and O–H groups in total. The fourth-order valence-electron chi connectivity index (χ4n) is 3.61. The number of aromatic nitrogens is 4. The first-order valence-electron chi connectivity index (χ1n) is 9.54. The van der Waals surface area contributed by atoms with Crippen LogP contribution in [0.4, 0.5) is 11.5 Å². The molecule has 1 amide bonds. The van der Waals surface area contributed by atoms with Crippen LogP contribution in [0.25, 0.3) is 11.0 Å². The second-order valence-corrected chi connectivity index (χ2v) is 7.15. The van der Waals surface area contributed by atoms with Gasteiger partial charge in [0.15, 0.2) is 5.65 Å². The molecule has 1 aliphatic rings. The maximum Gasteiger partial charge on any atom is 0.241 e. The number of carbonyl (C=O) groups excluding carboxylic acids is 1. The smallest absolute Gasteiger partial charge is 0.241 e. The standard InChI is InChI=1S/C20H25N7O/c1-14(20(28)24-16-7-5-4-6-8-16)26-9-11-27(12-10-26)19-17-13-21-25(3)18(17)22-15(2)23-19/h4-8,13-14H,9-12H2,1-3H3,(H,24,28)/t14-/m0/s1. The minimum absolute atomic E-state index is 0.0205. The van der Waals surface area contributed by atoms with Crippen LogP contribution < -0.4 is 10.2 Å².